The van der Waals surface area contributed by atoms with Crippen LogP contribution >= 0.6 is 27.3 Å². The van der Waals surface area contributed by atoms with Crippen LogP contribution in [0.1, 0.15) is 29.4 Å². The highest BCUT2D eigenvalue weighted by molar-refractivity contribution is 9.10. The maximum Gasteiger partial charge on any atom is 0.380 e. The van der Waals surface area contributed by atoms with Gasteiger partial charge in [-0.2, -0.15) is 0 Å². The van der Waals surface area contributed by atoms with E-state index in [0.29, 0.717) is 10.6 Å². The second-order valence-electron chi connectivity index (χ2n) is 5.42. The third-order valence-electron chi connectivity index (χ3n) is 3.78. The molecule has 1 aromatic heterocycles. The van der Waals surface area contributed by atoms with Crippen LogP contribution in [0, 0.1) is 0 Å². The lowest BCUT2D eigenvalue weighted by Crippen LogP contribution is -2.17. The van der Waals surface area contributed by atoms with Crippen LogP contribution < -0.4 is 4.90 Å². The number of ether oxygens (including phenoxy) is 1. The highest BCUT2D eigenvalue weighted by Crippen LogP contribution is 2.35. The Morgan fingerprint density at radius 3 is 2.54 bits per heavy atom. The average Bonchev–Trinajstić information content (AvgIpc) is 3.24. The summed E-state index contributed by atoms with van der Waals surface area (Å²) in [6.45, 7) is 3.72. The molecule has 0 radical (unpaired) electrons. The van der Waals surface area contributed by atoms with E-state index in [4.69, 9.17) is 4.74 Å². The van der Waals surface area contributed by atoms with Gasteiger partial charge in [0.05, 0.1) is 12.3 Å². The molecule has 1 aliphatic rings. The number of hydrogen-bond acceptors (Lipinski definition) is 6. The molecule has 0 spiro atoms. The van der Waals surface area contributed by atoms with Gasteiger partial charge in [-0.3, -0.25) is 4.79 Å². The van der Waals surface area contributed by atoms with E-state index in [2.05, 4.69) is 25.8 Å². The van der Waals surface area contributed by atoms with E-state index in [1.807, 2.05) is 24.3 Å². The van der Waals surface area contributed by atoms with Crippen LogP contribution in [-0.4, -0.2) is 36.4 Å². The van der Waals surface area contributed by atoms with E-state index < -0.39 is 11.8 Å². The van der Waals surface area contributed by atoms with Crippen LogP contribution in [-0.2, 0) is 9.53 Å². The molecule has 0 amide bonds. The van der Waals surface area contributed by atoms with Gasteiger partial charge in [0, 0.05) is 23.1 Å². The van der Waals surface area contributed by atoms with Crippen LogP contribution in [0.2, 0.25) is 0 Å². The van der Waals surface area contributed by atoms with Gasteiger partial charge in [-0.1, -0.05) is 39.4 Å². The van der Waals surface area contributed by atoms with E-state index in [-0.39, 0.29) is 6.61 Å². The third-order valence-corrected chi connectivity index (χ3v) is 5.42. The van der Waals surface area contributed by atoms with Crippen molar-refractivity contribution in [3.05, 3.63) is 33.6 Å². The Kier molecular flexibility index (Phi) is 5.30. The van der Waals surface area contributed by atoms with Crippen LogP contribution in [0.3, 0.4) is 0 Å². The van der Waals surface area contributed by atoms with Crippen molar-refractivity contribution in [3.63, 3.8) is 0 Å². The number of carbonyl (C=O) groups excluding carboxylic acids is 2. The van der Waals surface area contributed by atoms with Crippen LogP contribution in [0.4, 0.5) is 5.13 Å². The zero-order valence-corrected chi connectivity index (χ0v) is 15.7. The van der Waals surface area contributed by atoms with Crippen molar-refractivity contribution >= 4 is 44.2 Å². The predicted molar refractivity (Wildman–Crippen MR) is 97.7 cm³/mol. The number of ketones is 1. The molecule has 126 valence electrons. The molecule has 7 heteroatoms. The number of thiazole rings is 1. The number of benzene rings is 1. The largest absolute Gasteiger partial charge is 0.460 e. The second-order valence-corrected chi connectivity index (χ2v) is 7.32. The third kappa shape index (κ3) is 3.52. The monoisotopic (exact) mass is 408 g/mol. The van der Waals surface area contributed by atoms with E-state index >= 15 is 0 Å². The second kappa shape index (κ2) is 7.44. The molecule has 0 N–H and O–H groups in total. The van der Waals surface area contributed by atoms with Crippen molar-refractivity contribution < 1.29 is 14.3 Å². The number of Topliss-reactive ketones (excluding diaryl/α,β-unsaturated/α-hetero) is 1. The molecule has 0 atom stereocenters. The van der Waals surface area contributed by atoms with Crippen molar-refractivity contribution in [3.8, 4) is 11.3 Å². The summed E-state index contributed by atoms with van der Waals surface area (Å²) >= 11 is 4.67. The van der Waals surface area contributed by atoms with Gasteiger partial charge in [0.2, 0.25) is 0 Å². The number of rotatable bonds is 5. The summed E-state index contributed by atoms with van der Waals surface area (Å²) in [5.41, 5.74) is 1.36. The fourth-order valence-electron chi connectivity index (χ4n) is 2.60. The van der Waals surface area contributed by atoms with Crippen LogP contribution in [0.25, 0.3) is 11.3 Å². The van der Waals surface area contributed by atoms with Gasteiger partial charge in [-0.05, 0) is 31.9 Å². The molecule has 0 saturated carbocycles. The first-order chi connectivity index (χ1) is 11.6. The number of anilines is 1. The maximum absolute atomic E-state index is 12.5. The van der Waals surface area contributed by atoms with Crippen molar-refractivity contribution in [2.75, 3.05) is 24.6 Å². The average molecular weight is 409 g/mol. The standard InChI is InChI=1S/C17H17BrN2O3S/c1-2-23-16(22)14(21)15-13(11-5-7-12(18)8-6-11)19-17(24-15)20-9-3-4-10-20/h5-8H,2-4,9-10H2,1H3. The molecule has 2 aromatic rings. The van der Waals surface area contributed by atoms with Crippen LogP contribution in [0.5, 0.6) is 0 Å². The summed E-state index contributed by atoms with van der Waals surface area (Å²) in [4.78, 5) is 31.6. The zero-order valence-electron chi connectivity index (χ0n) is 13.3. The first-order valence-corrected chi connectivity index (χ1v) is 9.44. The van der Waals surface area contributed by atoms with Crippen molar-refractivity contribution in [1.29, 1.82) is 0 Å². The summed E-state index contributed by atoms with van der Waals surface area (Å²) in [6, 6.07) is 7.55. The van der Waals surface area contributed by atoms with Gasteiger partial charge in [-0.25, -0.2) is 9.78 Å². The van der Waals surface area contributed by atoms with Crippen LogP contribution in [0.15, 0.2) is 28.7 Å². The Bertz CT molecular complexity index is 752. The Morgan fingerprint density at radius 2 is 1.92 bits per heavy atom. The van der Waals surface area contributed by atoms with E-state index in [1.165, 1.54) is 11.3 Å². The van der Waals surface area contributed by atoms with E-state index in [1.54, 1.807) is 6.92 Å². The molecule has 3 rings (SSSR count). The quantitative estimate of drug-likeness (QED) is 0.426. The molecular weight excluding hydrogens is 392 g/mol. The Morgan fingerprint density at radius 1 is 1.25 bits per heavy atom. The lowest BCUT2D eigenvalue weighted by Gasteiger charge is -2.12. The molecule has 0 aliphatic carbocycles. The van der Waals surface area contributed by atoms with Gasteiger partial charge in [0.25, 0.3) is 5.78 Å². The maximum atomic E-state index is 12.5. The molecule has 2 heterocycles. The molecule has 1 aliphatic heterocycles. The number of carbonyl (C=O) groups is 2. The number of esters is 1. The fourth-order valence-corrected chi connectivity index (χ4v) is 3.93. The molecule has 0 unspecified atom stereocenters. The number of hydrogen-bond donors (Lipinski definition) is 0. The lowest BCUT2D eigenvalue weighted by molar-refractivity contribution is -0.137. The summed E-state index contributed by atoms with van der Waals surface area (Å²) in [6.07, 6.45) is 2.24. The highest BCUT2D eigenvalue weighted by atomic mass is 79.9. The topological polar surface area (TPSA) is 59.5 Å². The Balaban J connectivity index is 2.02. The van der Waals surface area contributed by atoms with Gasteiger partial charge < -0.3 is 9.64 Å². The van der Waals surface area contributed by atoms with Crippen molar-refractivity contribution in [1.82, 2.24) is 4.98 Å². The minimum absolute atomic E-state index is 0.177. The summed E-state index contributed by atoms with van der Waals surface area (Å²) in [5.74, 6) is -1.45. The molecule has 5 nitrogen and oxygen atoms in total. The first-order valence-electron chi connectivity index (χ1n) is 7.83. The van der Waals surface area contributed by atoms with Gasteiger partial charge in [0.1, 0.15) is 4.88 Å². The van der Waals surface area contributed by atoms with E-state index in [9.17, 15) is 9.59 Å². The highest BCUT2D eigenvalue weighted by Gasteiger charge is 2.28. The van der Waals surface area contributed by atoms with Crippen molar-refractivity contribution in [2.24, 2.45) is 0 Å². The summed E-state index contributed by atoms with van der Waals surface area (Å²) in [7, 11) is 0. The Hall–Kier alpha value is -1.73. The van der Waals surface area contributed by atoms with Gasteiger partial charge in [0.15, 0.2) is 5.13 Å². The lowest BCUT2D eigenvalue weighted by atomic mass is 10.1. The van der Waals surface area contributed by atoms with Gasteiger partial charge in [-0.15, -0.1) is 0 Å². The van der Waals surface area contributed by atoms with Gasteiger partial charge >= 0.3 is 5.97 Å². The SMILES string of the molecule is CCOC(=O)C(=O)c1sc(N2CCCC2)nc1-c1ccc(Br)cc1. The first kappa shape index (κ1) is 17.1. The normalized spacial score (nSPS) is 14.0. The summed E-state index contributed by atoms with van der Waals surface area (Å²) in [5, 5.41) is 0.790. The Labute approximate surface area is 152 Å². The zero-order chi connectivity index (χ0) is 17.1. The minimum atomic E-state index is -0.826. The summed E-state index contributed by atoms with van der Waals surface area (Å²) < 4.78 is 5.82. The molecule has 24 heavy (non-hydrogen) atoms. The smallest absolute Gasteiger partial charge is 0.380 e. The molecular formula is C17H17BrN2O3S. The van der Waals surface area contributed by atoms with Crippen molar-refractivity contribution in [2.45, 2.75) is 19.8 Å². The molecule has 1 aromatic carbocycles. The molecule has 1 saturated heterocycles. The fraction of sp³-hybridized carbons (Fsp3) is 0.353. The minimum Gasteiger partial charge on any atom is -0.460 e. The molecule has 0 bridgehead atoms. The van der Waals surface area contributed by atoms with E-state index in [0.717, 1.165) is 41.1 Å². The predicted octanol–water partition coefficient (Wildman–Crippen LogP) is 3.92. The number of halogens is 1. The number of nitrogens with zero attached hydrogens (tertiary/aromatic N) is 2. The number of aromatic nitrogens is 1. The molecule has 1 fully saturated rings.